The van der Waals surface area contributed by atoms with Crippen LogP contribution < -0.4 is 10.2 Å². The van der Waals surface area contributed by atoms with Crippen LogP contribution in [0.3, 0.4) is 0 Å². The highest BCUT2D eigenvalue weighted by Crippen LogP contribution is 2.19. The van der Waals surface area contributed by atoms with Gasteiger partial charge in [0, 0.05) is 24.7 Å². The summed E-state index contributed by atoms with van der Waals surface area (Å²) in [7, 11) is 0. The van der Waals surface area contributed by atoms with Gasteiger partial charge in [-0.25, -0.2) is 4.39 Å². The molecular weight excluding hydrogens is 345 g/mol. The van der Waals surface area contributed by atoms with E-state index in [1.807, 2.05) is 11.0 Å². The molecule has 0 radical (unpaired) electrons. The zero-order valence-corrected chi connectivity index (χ0v) is 15.1. The fourth-order valence-corrected chi connectivity index (χ4v) is 3.12. The maximum Gasteiger partial charge on any atom is 0.224 e. The zero-order chi connectivity index (χ0) is 19.4. The Hall–Kier alpha value is -3.27. The molecule has 0 aliphatic carbocycles. The molecule has 27 heavy (non-hydrogen) atoms. The molecule has 2 heterocycles. The van der Waals surface area contributed by atoms with Crippen molar-refractivity contribution in [2.75, 3.05) is 18.0 Å². The standard InChI is InChI=1S/C20H20FN5O/c1-13(2)17-5-3-14(9-18(17)21)10-20(27)23-16-7-8-26(12-16)19-6-4-15(11-22)24-25-19/h3-6,9,16H,1,7-8,10,12H2,2H3,(H,23,27). The largest absolute Gasteiger partial charge is 0.353 e. The normalized spacial score (nSPS) is 16.0. The minimum atomic E-state index is -0.362. The number of aromatic nitrogens is 2. The van der Waals surface area contributed by atoms with Crippen molar-refractivity contribution in [2.45, 2.75) is 25.8 Å². The van der Waals surface area contributed by atoms with Crippen molar-refractivity contribution in [2.24, 2.45) is 0 Å². The third-order valence-corrected chi connectivity index (χ3v) is 4.50. The van der Waals surface area contributed by atoms with Gasteiger partial charge in [-0.05, 0) is 42.7 Å². The number of allylic oxidation sites excluding steroid dienone is 1. The molecule has 1 aromatic heterocycles. The van der Waals surface area contributed by atoms with E-state index < -0.39 is 0 Å². The average molecular weight is 365 g/mol. The van der Waals surface area contributed by atoms with E-state index in [9.17, 15) is 9.18 Å². The molecule has 7 heteroatoms. The Labute approximate surface area is 157 Å². The molecule has 1 aliphatic rings. The summed E-state index contributed by atoms with van der Waals surface area (Å²) in [5.41, 5.74) is 2.02. The van der Waals surface area contributed by atoms with Gasteiger partial charge in [0.15, 0.2) is 11.5 Å². The SMILES string of the molecule is C=C(C)c1ccc(CC(=O)NC2CCN(c3ccc(C#N)nn3)C2)cc1F. The number of rotatable bonds is 5. The third kappa shape index (κ3) is 4.47. The average Bonchev–Trinajstić information content (AvgIpc) is 3.09. The number of hydrogen-bond acceptors (Lipinski definition) is 5. The van der Waals surface area contributed by atoms with E-state index in [2.05, 4.69) is 22.1 Å². The second-order valence-electron chi connectivity index (χ2n) is 6.66. The molecule has 1 fully saturated rings. The van der Waals surface area contributed by atoms with Crippen LogP contribution in [-0.4, -0.2) is 35.2 Å². The molecule has 138 valence electrons. The molecule has 1 unspecified atom stereocenters. The van der Waals surface area contributed by atoms with Gasteiger partial charge in [0.2, 0.25) is 5.91 Å². The molecule has 0 bridgehead atoms. The van der Waals surface area contributed by atoms with Crippen molar-refractivity contribution in [1.82, 2.24) is 15.5 Å². The number of halogens is 1. The summed E-state index contributed by atoms with van der Waals surface area (Å²) in [4.78, 5) is 14.3. The molecule has 0 saturated carbocycles. The second-order valence-corrected chi connectivity index (χ2v) is 6.66. The second kappa shape index (κ2) is 7.96. The summed E-state index contributed by atoms with van der Waals surface area (Å²) in [6.07, 6.45) is 0.914. The highest BCUT2D eigenvalue weighted by atomic mass is 19.1. The number of carbonyl (C=O) groups excluding carboxylic acids is 1. The minimum Gasteiger partial charge on any atom is -0.353 e. The Morgan fingerprint density at radius 3 is 2.85 bits per heavy atom. The third-order valence-electron chi connectivity index (χ3n) is 4.50. The van der Waals surface area contributed by atoms with Crippen molar-refractivity contribution in [1.29, 1.82) is 5.26 Å². The molecule has 1 aliphatic heterocycles. The van der Waals surface area contributed by atoms with Crippen LogP contribution in [0.1, 0.15) is 30.2 Å². The molecule has 2 aromatic rings. The predicted octanol–water partition coefficient (Wildman–Crippen LogP) is 2.46. The lowest BCUT2D eigenvalue weighted by molar-refractivity contribution is -0.121. The Morgan fingerprint density at radius 1 is 1.41 bits per heavy atom. The summed E-state index contributed by atoms with van der Waals surface area (Å²) in [6, 6.07) is 10.1. The Balaban J connectivity index is 1.55. The number of anilines is 1. The van der Waals surface area contributed by atoms with Gasteiger partial charge in [0.25, 0.3) is 0 Å². The molecular formula is C20H20FN5O. The van der Waals surface area contributed by atoms with Gasteiger partial charge in [0.1, 0.15) is 11.9 Å². The first-order valence-corrected chi connectivity index (χ1v) is 8.68. The quantitative estimate of drug-likeness (QED) is 0.880. The van der Waals surface area contributed by atoms with E-state index in [4.69, 9.17) is 5.26 Å². The smallest absolute Gasteiger partial charge is 0.224 e. The number of carbonyl (C=O) groups is 1. The zero-order valence-electron chi connectivity index (χ0n) is 15.1. The molecule has 1 N–H and O–H groups in total. The van der Waals surface area contributed by atoms with Crippen LogP contribution in [0.2, 0.25) is 0 Å². The summed E-state index contributed by atoms with van der Waals surface area (Å²) in [5.74, 6) is 0.178. The molecule has 1 saturated heterocycles. The Bertz CT molecular complexity index is 904. The van der Waals surface area contributed by atoms with E-state index >= 15 is 0 Å². The van der Waals surface area contributed by atoms with Crippen LogP contribution in [0.25, 0.3) is 5.57 Å². The van der Waals surface area contributed by atoms with Crippen molar-refractivity contribution >= 4 is 17.3 Å². The number of nitrogens with zero attached hydrogens (tertiary/aromatic N) is 4. The molecule has 1 atom stereocenters. The van der Waals surface area contributed by atoms with Crippen molar-refractivity contribution in [3.05, 3.63) is 59.5 Å². The molecule has 1 amide bonds. The van der Waals surface area contributed by atoms with Crippen LogP contribution in [0.5, 0.6) is 0 Å². The Kier molecular flexibility index (Phi) is 5.46. The fourth-order valence-electron chi connectivity index (χ4n) is 3.12. The first kappa shape index (κ1) is 18.5. The number of nitrogens with one attached hydrogen (secondary N) is 1. The Morgan fingerprint density at radius 2 is 2.22 bits per heavy atom. The van der Waals surface area contributed by atoms with Gasteiger partial charge in [-0.15, -0.1) is 10.2 Å². The van der Waals surface area contributed by atoms with Gasteiger partial charge in [-0.3, -0.25) is 4.79 Å². The first-order valence-electron chi connectivity index (χ1n) is 8.68. The predicted molar refractivity (Wildman–Crippen MR) is 100 cm³/mol. The van der Waals surface area contributed by atoms with E-state index in [-0.39, 0.29) is 29.9 Å². The lowest BCUT2D eigenvalue weighted by Crippen LogP contribution is -2.38. The lowest BCUT2D eigenvalue weighted by atomic mass is 10.0. The number of nitriles is 1. The maximum absolute atomic E-state index is 14.0. The summed E-state index contributed by atoms with van der Waals surface area (Å²) in [5, 5.41) is 19.6. The summed E-state index contributed by atoms with van der Waals surface area (Å²) >= 11 is 0. The van der Waals surface area contributed by atoms with Crippen LogP contribution in [0.15, 0.2) is 36.9 Å². The van der Waals surface area contributed by atoms with Gasteiger partial charge in [-0.1, -0.05) is 18.7 Å². The van der Waals surface area contributed by atoms with Crippen LogP contribution >= 0.6 is 0 Å². The summed E-state index contributed by atoms with van der Waals surface area (Å²) < 4.78 is 14.0. The molecule has 1 aromatic carbocycles. The molecule has 6 nitrogen and oxygen atoms in total. The van der Waals surface area contributed by atoms with Crippen molar-refractivity contribution in [3.8, 4) is 6.07 Å². The first-order chi connectivity index (χ1) is 13.0. The van der Waals surface area contributed by atoms with Crippen LogP contribution in [0.4, 0.5) is 10.2 Å². The van der Waals surface area contributed by atoms with Crippen molar-refractivity contribution in [3.63, 3.8) is 0 Å². The van der Waals surface area contributed by atoms with Gasteiger partial charge >= 0.3 is 0 Å². The summed E-state index contributed by atoms with van der Waals surface area (Å²) in [6.45, 7) is 6.85. The highest BCUT2D eigenvalue weighted by Gasteiger charge is 2.25. The van der Waals surface area contributed by atoms with Crippen LogP contribution in [-0.2, 0) is 11.2 Å². The van der Waals surface area contributed by atoms with Crippen molar-refractivity contribution < 1.29 is 9.18 Å². The van der Waals surface area contributed by atoms with Gasteiger partial charge in [0.05, 0.1) is 6.42 Å². The van der Waals surface area contributed by atoms with Gasteiger partial charge in [-0.2, -0.15) is 5.26 Å². The topological polar surface area (TPSA) is 81.9 Å². The number of hydrogen-bond donors (Lipinski definition) is 1. The van der Waals surface area contributed by atoms with E-state index in [0.717, 1.165) is 13.0 Å². The maximum atomic E-state index is 14.0. The fraction of sp³-hybridized carbons (Fsp3) is 0.300. The number of benzene rings is 1. The van der Waals surface area contributed by atoms with Gasteiger partial charge < -0.3 is 10.2 Å². The van der Waals surface area contributed by atoms with E-state index in [1.165, 1.54) is 6.07 Å². The molecule has 3 rings (SSSR count). The molecule has 0 spiro atoms. The van der Waals surface area contributed by atoms with E-state index in [0.29, 0.717) is 29.1 Å². The van der Waals surface area contributed by atoms with E-state index in [1.54, 1.807) is 31.2 Å². The number of amides is 1. The van der Waals surface area contributed by atoms with Crippen LogP contribution in [0, 0.1) is 17.1 Å². The lowest BCUT2D eigenvalue weighted by Gasteiger charge is -2.17. The monoisotopic (exact) mass is 365 g/mol. The highest BCUT2D eigenvalue weighted by molar-refractivity contribution is 5.79. The minimum absolute atomic E-state index is 0.00511.